The van der Waals surface area contributed by atoms with E-state index in [1.165, 1.54) is 12.1 Å². The second-order valence-corrected chi connectivity index (χ2v) is 7.77. The number of alkyl halides is 3. The lowest BCUT2D eigenvalue weighted by molar-refractivity contribution is -0.144. The van der Waals surface area contributed by atoms with Crippen molar-refractivity contribution in [3.63, 3.8) is 0 Å². The van der Waals surface area contributed by atoms with Gasteiger partial charge in [0.05, 0.1) is 17.5 Å². The normalized spacial score (nSPS) is 19.0. The number of carboxylic acid groups (broad SMARTS) is 1. The van der Waals surface area contributed by atoms with E-state index in [0.29, 0.717) is 19.4 Å². The maximum absolute atomic E-state index is 13.8. The van der Waals surface area contributed by atoms with Crippen molar-refractivity contribution in [2.24, 2.45) is 5.92 Å². The van der Waals surface area contributed by atoms with Gasteiger partial charge in [-0.1, -0.05) is 54.6 Å². The van der Waals surface area contributed by atoms with Crippen LogP contribution < -0.4 is 0 Å². The first-order valence-electron chi connectivity index (χ1n) is 9.96. The van der Waals surface area contributed by atoms with Gasteiger partial charge in [0, 0.05) is 6.54 Å². The number of likely N-dealkylation sites (tertiary alicyclic amines) is 1. The van der Waals surface area contributed by atoms with Crippen LogP contribution in [-0.2, 0) is 11.0 Å². The van der Waals surface area contributed by atoms with Gasteiger partial charge < -0.3 is 5.11 Å². The molecule has 30 heavy (non-hydrogen) atoms. The second-order valence-electron chi connectivity index (χ2n) is 7.77. The Morgan fingerprint density at radius 2 is 1.70 bits per heavy atom. The molecule has 1 aliphatic rings. The molecule has 2 unspecified atom stereocenters. The maximum Gasteiger partial charge on any atom is 0.416 e. The maximum atomic E-state index is 13.8. The number of hydrogen-bond donors (Lipinski definition) is 1. The van der Waals surface area contributed by atoms with E-state index in [2.05, 4.69) is 0 Å². The summed E-state index contributed by atoms with van der Waals surface area (Å²) in [5.41, 5.74) is 0.211. The van der Waals surface area contributed by atoms with Crippen LogP contribution in [0.25, 0.3) is 10.8 Å². The number of rotatable bonds is 4. The fourth-order valence-corrected chi connectivity index (χ4v) is 4.40. The first kappa shape index (κ1) is 20.4. The highest BCUT2D eigenvalue weighted by Crippen LogP contribution is 2.41. The van der Waals surface area contributed by atoms with Crippen molar-refractivity contribution in [1.29, 1.82) is 0 Å². The number of carbonyl (C=O) groups is 1. The second kappa shape index (κ2) is 8.11. The zero-order valence-corrected chi connectivity index (χ0v) is 16.3. The van der Waals surface area contributed by atoms with E-state index < -0.39 is 29.7 Å². The Morgan fingerprint density at radius 1 is 1.00 bits per heavy atom. The number of piperidine rings is 1. The number of fused-ring (bicyclic) bond motifs is 1. The van der Waals surface area contributed by atoms with Crippen LogP contribution in [0, 0.1) is 5.92 Å². The highest BCUT2D eigenvalue weighted by molar-refractivity contribution is 5.83. The molecule has 0 bridgehead atoms. The number of halogens is 3. The summed E-state index contributed by atoms with van der Waals surface area (Å²) < 4.78 is 41.5. The molecule has 1 fully saturated rings. The third-order valence-corrected chi connectivity index (χ3v) is 5.82. The number of hydrogen-bond acceptors (Lipinski definition) is 2. The molecule has 2 atom stereocenters. The molecule has 3 aromatic rings. The summed E-state index contributed by atoms with van der Waals surface area (Å²) in [5.74, 6) is -1.49. The summed E-state index contributed by atoms with van der Waals surface area (Å²) in [4.78, 5) is 13.5. The topological polar surface area (TPSA) is 40.5 Å². The van der Waals surface area contributed by atoms with Crippen LogP contribution in [0.5, 0.6) is 0 Å². The van der Waals surface area contributed by atoms with Gasteiger partial charge in [0.15, 0.2) is 0 Å². The first-order valence-corrected chi connectivity index (χ1v) is 9.96. The predicted octanol–water partition coefficient (Wildman–Crippen LogP) is 5.74. The van der Waals surface area contributed by atoms with E-state index in [0.717, 1.165) is 22.4 Å². The van der Waals surface area contributed by atoms with Gasteiger partial charge in [-0.2, -0.15) is 13.2 Å². The van der Waals surface area contributed by atoms with E-state index in [4.69, 9.17) is 0 Å². The molecule has 0 spiro atoms. The lowest BCUT2D eigenvalue weighted by Crippen LogP contribution is -2.41. The highest BCUT2D eigenvalue weighted by atomic mass is 19.4. The summed E-state index contributed by atoms with van der Waals surface area (Å²) in [6.45, 7) is 0.770. The third-order valence-electron chi connectivity index (χ3n) is 5.82. The van der Waals surface area contributed by atoms with Gasteiger partial charge in [-0.15, -0.1) is 0 Å². The minimum atomic E-state index is -4.49. The lowest BCUT2D eigenvalue weighted by atomic mass is 9.88. The first-order chi connectivity index (χ1) is 14.3. The van der Waals surface area contributed by atoms with Gasteiger partial charge in [0.25, 0.3) is 0 Å². The van der Waals surface area contributed by atoms with Crippen LogP contribution in [0.15, 0.2) is 66.7 Å². The van der Waals surface area contributed by atoms with Crippen LogP contribution in [0.2, 0.25) is 0 Å². The molecule has 1 heterocycles. The largest absolute Gasteiger partial charge is 0.481 e. The zero-order chi connectivity index (χ0) is 21.3. The average Bonchev–Trinajstić information content (AvgIpc) is 2.74. The standard InChI is InChI=1S/C24H22F3NO2/c25-24(26,27)21-10-4-3-9-20(21)22(28-13-5-8-19(15-28)23(29)30)18-12-11-16-6-1-2-7-17(16)14-18/h1-4,6-7,9-12,14,19,22H,5,8,13,15H2,(H,29,30). The molecular weight excluding hydrogens is 391 g/mol. The Bertz CT molecular complexity index is 1060. The molecule has 1 aliphatic heterocycles. The van der Waals surface area contributed by atoms with Gasteiger partial charge in [0.2, 0.25) is 0 Å². The van der Waals surface area contributed by atoms with Crippen molar-refractivity contribution in [3.05, 3.63) is 83.4 Å². The van der Waals surface area contributed by atoms with Crippen LogP contribution >= 0.6 is 0 Å². The fraction of sp³-hybridized carbons (Fsp3) is 0.292. The summed E-state index contributed by atoms with van der Waals surface area (Å²) in [6.07, 6.45) is -3.32. The van der Waals surface area contributed by atoms with Crippen molar-refractivity contribution in [2.75, 3.05) is 13.1 Å². The number of carboxylic acids is 1. The summed E-state index contributed by atoms with van der Waals surface area (Å²) in [7, 11) is 0. The summed E-state index contributed by atoms with van der Waals surface area (Å²) in [5, 5.41) is 11.4. The fourth-order valence-electron chi connectivity index (χ4n) is 4.40. The molecule has 6 heteroatoms. The Labute approximate surface area is 172 Å². The van der Waals surface area contributed by atoms with E-state index in [-0.39, 0.29) is 12.1 Å². The molecule has 0 aromatic heterocycles. The molecule has 156 valence electrons. The van der Waals surface area contributed by atoms with Crippen molar-refractivity contribution in [2.45, 2.75) is 25.1 Å². The predicted molar refractivity (Wildman–Crippen MR) is 109 cm³/mol. The van der Waals surface area contributed by atoms with Gasteiger partial charge in [-0.05, 0) is 53.4 Å². The van der Waals surface area contributed by atoms with Crippen molar-refractivity contribution < 1.29 is 23.1 Å². The van der Waals surface area contributed by atoms with Gasteiger partial charge in [-0.3, -0.25) is 9.69 Å². The molecule has 0 aliphatic carbocycles. The molecule has 1 N–H and O–H groups in total. The molecular formula is C24H22F3NO2. The minimum absolute atomic E-state index is 0.159. The van der Waals surface area contributed by atoms with E-state index in [1.807, 2.05) is 47.4 Å². The van der Waals surface area contributed by atoms with Gasteiger partial charge in [0.1, 0.15) is 0 Å². The van der Waals surface area contributed by atoms with Gasteiger partial charge >= 0.3 is 12.1 Å². The lowest BCUT2D eigenvalue weighted by Gasteiger charge is -2.38. The molecule has 3 aromatic carbocycles. The Kier molecular flexibility index (Phi) is 5.52. The number of nitrogens with zero attached hydrogens (tertiary/aromatic N) is 1. The van der Waals surface area contributed by atoms with Crippen LogP contribution in [-0.4, -0.2) is 29.1 Å². The highest BCUT2D eigenvalue weighted by Gasteiger charge is 2.38. The molecule has 4 rings (SSSR count). The minimum Gasteiger partial charge on any atom is -0.481 e. The monoisotopic (exact) mass is 413 g/mol. The molecule has 0 saturated carbocycles. The Hall–Kier alpha value is -2.86. The van der Waals surface area contributed by atoms with E-state index in [9.17, 15) is 23.1 Å². The third kappa shape index (κ3) is 4.05. The van der Waals surface area contributed by atoms with Crippen LogP contribution in [0.3, 0.4) is 0 Å². The van der Waals surface area contributed by atoms with Crippen molar-refractivity contribution in [1.82, 2.24) is 4.90 Å². The van der Waals surface area contributed by atoms with Gasteiger partial charge in [-0.25, -0.2) is 0 Å². The molecule has 1 saturated heterocycles. The Balaban J connectivity index is 1.86. The number of benzene rings is 3. The quantitative estimate of drug-likeness (QED) is 0.593. The molecule has 0 radical (unpaired) electrons. The molecule has 0 amide bonds. The number of aliphatic carboxylic acids is 1. The zero-order valence-electron chi connectivity index (χ0n) is 16.3. The summed E-state index contributed by atoms with van der Waals surface area (Å²) in [6, 6.07) is 18.3. The average molecular weight is 413 g/mol. The van der Waals surface area contributed by atoms with Crippen molar-refractivity contribution >= 4 is 16.7 Å². The van der Waals surface area contributed by atoms with Crippen molar-refractivity contribution in [3.8, 4) is 0 Å². The van der Waals surface area contributed by atoms with E-state index >= 15 is 0 Å². The summed E-state index contributed by atoms with van der Waals surface area (Å²) >= 11 is 0. The molecule has 3 nitrogen and oxygen atoms in total. The SMILES string of the molecule is O=C(O)C1CCCN(C(c2ccc3ccccc3c2)c2ccccc2C(F)(F)F)C1. The Morgan fingerprint density at radius 3 is 2.43 bits per heavy atom. The smallest absolute Gasteiger partial charge is 0.416 e. The van der Waals surface area contributed by atoms with E-state index in [1.54, 1.807) is 6.07 Å². The van der Waals surface area contributed by atoms with Crippen LogP contribution in [0.1, 0.15) is 35.6 Å². The van der Waals surface area contributed by atoms with Crippen LogP contribution in [0.4, 0.5) is 13.2 Å².